The van der Waals surface area contributed by atoms with E-state index in [1.165, 1.54) is 6.92 Å². The van der Waals surface area contributed by atoms with Crippen LogP contribution in [0.5, 0.6) is 0 Å². The smallest absolute Gasteiger partial charge is 0.191 e. The molecule has 3 N–H and O–H groups in total. The van der Waals surface area contributed by atoms with Gasteiger partial charge in [0.1, 0.15) is 12.2 Å². The average molecular weight is 134 g/mol. The van der Waals surface area contributed by atoms with Crippen molar-refractivity contribution >= 4 is 0 Å². The first-order valence-corrected chi connectivity index (χ1v) is 2.76. The van der Waals surface area contributed by atoms with Crippen LogP contribution in [0.4, 0.5) is 0 Å². The number of rotatable bonds is 0. The molecule has 0 bridgehead atoms. The summed E-state index contributed by atoms with van der Waals surface area (Å²) in [6, 6.07) is 0. The predicted octanol–water partition coefficient (Wildman–Crippen LogP) is -1.55. The van der Waals surface area contributed by atoms with E-state index in [-0.39, 0.29) is 6.61 Å². The highest BCUT2D eigenvalue weighted by Gasteiger charge is 2.43. The summed E-state index contributed by atoms with van der Waals surface area (Å²) in [5, 5.41) is 26.7. The zero-order valence-corrected chi connectivity index (χ0v) is 5.11. The molecule has 3 atom stereocenters. The van der Waals surface area contributed by atoms with Gasteiger partial charge in [0.25, 0.3) is 0 Å². The van der Waals surface area contributed by atoms with Crippen molar-refractivity contribution in [2.75, 3.05) is 6.61 Å². The van der Waals surface area contributed by atoms with Crippen LogP contribution in [0.2, 0.25) is 0 Å². The van der Waals surface area contributed by atoms with Crippen LogP contribution in [0, 0.1) is 0 Å². The van der Waals surface area contributed by atoms with Crippen molar-refractivity contribution in [3.8, 4) is 0 Å². The number of ether oxygens (including phenoxy) is 1. The van der Waals surface area contributed by atoms with Crippen molar-refractivity contribution in [2.45, 2.75) is 24.9 Å². The second-order valence-electron chi connectivity index (χ2n) is 2.38. The van der Waals surface area contributed by atoms with Crippen LogP contribution in [-0.4, -0.2) is 39.9 Å². The molecule has 0 radical (unpaired) electrons. The molecule has 4 nitrogen and oxygen atoms in total. The second kappa shape index (κ2) is 1.91. The molecule has 0 amide bonds. The van der Waals surface area contributed by atoms with E-state index >= 15 is 0 Å². The summed E-state index contributed by atoms with van der Waals surface area (Å²) >= 11 is 0. The zero-order valence-electron chi connectivity index (χ0n) is 5.11. The molecule has 1 saturated heterocycles. The minimum atomic E-state index is -1.57. The van der Waals surface area contributed by atoms with Gasteiger partial charge in [-0.15, -0.1) is 0 Å². The van der Waals surface area contributed by atoms with Crippen LogP contribution < -0.4 is 0 Å². The first kappa shape index (κ1) is 6.95. The Kier molecular flexibility index (Phi) is 1.48. The van der Waals surface area contributed by atoms with Crippen LogP contribution in [0.15, 0.2) is 0 Å². The van der Waals surface area contributed by atoms with E-state index in [9.17, 15) is 0 Å². The third-order valence-corrected chi connectivity index (χ3v) is 1.46. The Bertz CT molecular complexity index is 112. The molecule has 0 saturated carbocycles. The SMILES string of the molecule is CC1(O)OC[C@H](O)[C@@H]1O. The van der Waals surface area contributed by atoms with E-state index in [1.807, 2.05) is 0 Å². The summed E-state index contributed by atoms with van der Waals surface area (Å²) in [6.07, 6.45) is -2.14. The Morgan fingerprint density at radius 2 is 2.11 bits per heavy atom. The van der Waals surface area contributed by atoms with Crippen LogP contribution in [0.1, 0.15) is 6.92 Å². The Morgan fingerprint density at radius 1 is 1.56 bits per heavy atom. The highest BCUT2D eigenvalue weighted by atomic mass is 16.7. The third kappa shape index (κ3) is 1.07. The van der Waals surface area contributed by atoms with Crippen molar-refractivity contribution in [3.05, 3.63) is 0 Å². The fourth-order valence-corrected chi connectivity index (χ4v) is 0.788. The quantitative estimate of drug-likeness (QED) is 0.375. The minimum Gasteiger partial charge on any atom is -0.388 e. The minimum absolute atomic E-state index is 0.00579. The molecule has 9 heavy (non-hydrogen) atoms. The lowest BCUT2D eigenvalue weighted by Gasteiger charge is -2.19. The van der Waals surface area contributed by atoms with E-state index in [0.717, 1.165) is 0 Å². The van der Waals surface area contributed by atoms with E-state index in [0.29, 0.717) is 0 Å². The summed E-state index contributed by atoms with van der Waals surface area (Å²) < 4.78 is 4.62. The Labute approximate surface area is 52.7 Å². The Hall–Kier alpha value is -0.160. The van der Waals surface area contributed by atoms with E-state index in [4.69, 9.17) is 15.3 Å². The Morgan fingerprint density at radius 3 is 2.22 bits per heavy atom. The van der Waals surface area contributed by atoms with Gasteiger partial charge in [-0.3, -0.25) is 0 Å². The van der Waals surface area contributed by atoms with Gasteiger partial charge in [0.15, 0.2) is 5.79 Å². The Balaban J connectivity index is 2.62. The van der Waals surface area contributed by atoms with Crippen molar-refractivity contribution < 1.29 is 20.1 Å². The van der Waals surface area contributed by atoms with Crippen molar-refractivity contribution in [1.82, 2.24) is 0 Å². The maximum atomic E-state index is 9.00. The monoisotopic (exact) mass is 134 g/mol. The molecule has 1 heterocycles. The molecule has 4 heteroatoms. The molecule has 0 aromatic carbocycles. The largest absolute Gasteiger partial charge is 0.388 e. The lowest BCUT2D eigenvalue weighted by atomic mass is 10.1. The molecule has 0 aromatic rings. The number of hydrogen-bond acceptors (Lipinski definition) is 4. The maximum Gasteiger partial charge on any atom is 0.191 e. The molecular weight excluding hydrogens is 124 g/mol. The van der Waals surface area contributed by atoms with Gasteiger partial charge in [-0.2, -0.15) is 0 Å². The molecule has 1 aliphatic heterocycles. The van der Waals surface area contributed by atoms with Crippen molar-refractivity contribution in [1.29, 1.82) is 0 Å². The fourth-order valence-electron chi connectivity index (χ4n) is 0.788. The van der Waals surface area contributed by atoms with Gasteiger partial charge >= 0.3 is 0 Å². The highest BCUT2D eigenvalue weighted by molar-refractivity contribution is 4.85. The standard InChI is InChI=1S/C5H10O4/c1-5(8)4(7)3(6)2-9-5/h3-4,6-8H,2H2,1H3/t3-,4-,5?/m0/s1. The van der Waals surface area contributed by atoms with Crippen molar-refractivity contribution in [3.63, 3.8) is 0 Å². The van der Waals surface area contributed by atoms with Gasteiger partial charge in [-0.1, -0.05) is 0 Å². The average Bonchev–Trinajstić information content (AvgIpc) is 1.97. The molecule has 54 valence electrons. The number of hydrogen-bond donors (Lipinski definition) is 3. The molecule has 1 rings (SSSR count). The lowest BCUT2D eigenvalue weighted by molar-refractivity contribution is -0.201. The van der Waals surface area contributed by atoms with Crippen LogP contribution in [0.3, 0.4) is 0 Å². The molecule has 1 unspecified atom stereocenters. The van der Waals surface area contributed by atoms with Gasteiger partial charge in [0.2, 0.25) is 0 Å². The van der Waals surface area contributed by atoms with E-state index in [1.54, 1.807) is 0 Å². The van der Waals surface area contributed by atoms with Gasteiger partial charge < -0.3 is 20.1 Å². The van der Waals surface area contributed by atoms with Crippen LogP contribution >= 0.6 is 0 Å². The molecule has 0 aromatic heterocycles. The van der Waals surface area contributed by atoms with Gasteiger partial charge in [0.05, 0.1) is 6.61 Å². The lowest BCUT2D eigenvalue weighted by Crippen LogP contribution is -2.39. The van der Waals surface area contributed by atoms with Gasteiger partial charge in [-0.05, 0) is 6.92 Å². The molecular formula is C5H10O4. The second-order valence-corrected chi connectivity index (χ2v) is 2.38. The predicted molar refractivity (Wildman–Crippen MR) is 28.6 cm³/mol. The van der Waals surface area contributed by atoms with Gasteiger partial charge in [0, 0.05) is 0 Å². The van der Waals surface area contributed by atoms with Crippen LogP contribution in [0.25, 0.3) is 0 Å². The summed E-state index contributed by atoms with van der Waals surface area (Å²) in [4.78, 5) is 0. The van der Waals surface area contributed by atoms with Crippen LogP contribution in [-0.2, 0) is 4.74 Å². The summed E-state index contributed by atoms with van der Waals surface area (Å²) in [5.74, 6) is -1.57. The third-order valence-electron chi connectivity index (χ3n) is 1.46. The highest BCUT2D eigenvalue weighted by Crippen LogP contribution is 2.22. The fraction of sp³-hybridized carbons (Fsp3) is 1.00. The number of aliphatic hydroxyl groups excluding tert-OH is 2. The normalized spacial score (nSPS) is 52.0. The first-order chi connectivity index (χ1) is 4.04. The zero-order chi connectivity index (χ0) is 7.07. The van der Waals surface area contributed by atoms with E-state index < -0.39 is 18.0 Å². The maximum absolute atomic E-state index is 9.00. The molecule has 1 fully saturated rings. The first-order valence-electron chi connectivity index (χ1n) is 2.76. The van der Waals surface area contributed by atoms with Gasteiger partial charge in [-0.25, -0.2) is 0 Å². The summed E-state index contributed by atoms with van der Waals surface area (Å²) in [5.41, 5.74) is 0. The molecule has 0 spiro atoms. The number of aliphatic hydroxyl groups is 3. The summed E-state index contributed by atoms with van der Waals surface area (Å²) in [7, 11) is 0. The topological polar surface area (TPSA) is 69.9 Å². The van der Waals surface area contributed by atoms with E-state index in [2.05, 4.69) is 4.74 Å². The summed E-state index contributed by atoms with van der Waals surface area (Å²) in [6.45, 7) is 1.31. The molecule has 0 aliphatic carbocycles. The van der Waals surface area contributed by atoms with Crippen molar-refractivity contribution in [2.24, 2.45) is 0 Å². The molecule has 1 aliphatic rings.